The molecule has 0 atom stereocenters. The summed E-state index contributed by atoms with van der Waals surface area (Å²) in [4.78, 5) is 26.0. The third-order valence-electron chi connectivity index (χ3n) is 2.76. The third-order valence-corrected chi connectivity index (χ3v) is 4.84. The second-order valence-electron chi connectivity index (χ2n) is 4.36. The van der Waals surface area contributed by atoms with E-state index in [0.29, 0.717) is 4.88 Å². The summed E-state index contributed by atoms with van der Waals surface area (Å²) in [6.07, 6.45) is 0. The van der Waals surface area contributed by atoms with Gasteiger partial charge in [-0.15, -0.1) is 22.7 Å². The monoisotopic (exact) mass is 297 g/mol. The number of rotatable bonds is 4. The van der Waals surface area contributed by atoms with Crippen LogP contribution in [0.2, 0.25) is 0 Å². The molecule has 0 fully saturated rings. The minimum atomic E-state index is -0.402. The van der Waals surface area contributed by atoms with Crippen molar-refractivity contribution < 1.29 is 14.3 Å². The molecule has 6 heteroatoms. The third kappa shape index (κ3) is 2.96. The van der Waals surface area contributed by atoms with Crippen LogP contribution in [0.1, 0.15) is 23.5 Å². The van der Waals surface area contributed by atoms with Crippen molar-refractivity contribution in [2.75, 3.05) is 13.7 Å². The summed E-state index contributed by atoms with van der Waals surface area (Å²) in [5.74, 6) is -0.519. The second kappa shape index (κ2) is 5.71. The van der Waals surface area contributed by atoms with E-state index in [1.807, 2.05) is 31.4 Å². The standard InChI is InChI=1S/C13H15NO3S2/c1-8(2)14(7-12(15)17-3)13(16)11-6-10-9(19-11)4-5-18-10/h4-6,8H,7H2,1-3H3. The predicted molar refractivity (Wildman–Crippen MR) is 77.9 cm³/mol. The van der Waals surface area contributed by atoms with E-state index >= 15 is 0 Å². The van der Waals surface area contributed by atoms with E-state index in [0.717, 1.165) is 9.40 Å². The maximum absolute atomic E-state index is 12.4. The van der Waals surface area contributed by atoms with Gasteiger partial charge in [-0.1, -0.05) is 0 Å². The lowest BCUT2D eigenvalue weighted by molar-refractivity contribution is -0.141. The number of amides is 1. The van der Waals surface area contributed by atoms with E-state index in [9.17, 15) is 9.59 Å². The first kappa shape index (κ1) is 14.0. The number of carbonyl (C=O) groups is 2. The van der Waals surface area contributed by atoms with Gasteiger partial charge in [0.15, 0.2) is 0 Å². The summed E-state index contributed by atoms with van der Waals surface area (Å²) < 4.78 is 6.85. The van der Waals surface area contributed by atoms with Crippen LogP contribution >= 0.6 is 22.7 Å². The molecule has 2 aromatic heterocycles. The number of methoxy groups -OCH3 is 1. The highest BCUT2D eigenvalue weighted by Crippen LogP contribution is 2.30. The van der Waals surface area contributed by atoms with E-state index < -0.39 is 5.97 Å². The fourth-order valence-electron chi connectivity index (χ4n) is 1.71. The van der Waals surface area contributed by atoms with E-state index in [4.69, 9.17) is 0 Å². The van der Waals surface area contributed by atoms with Gasteiger partial charge >= 0.3 is 5.97 Å². The summed E-state index contributed by atoms with van der Waals surface area (Å²) >= 11 is 3.07. The highest BCUT2D eigenvalue weighted by Gasteiger charge is 2.23. The molecule has 102 valence electrons. The Morgan fingerprint density at radius 3 is 2.68 bits per heavy atom. The molecular weight excluding hydrogens is 282 g/mol. The Hall–Kier alpha value is -1.40. The fraction of sp³-hybridized carbons (Fsp3) is 0.385. The van der Waals surface area contributed by atoms with Gasteiger partial charge in [-0.05, 0) is 31.4 Å². The highest BCUT2D eigenvalue weighted by molar-refractivity contribution is 7.27. The Morgan fingerprint density at radius 1 is 1.37 bits per heavy atom. The molecule has 0 saturated carbocycles. The molecular formula is C13H15NO3S2. The first-order chi connectivity index (χ1) is 9.02. The summed E-state index contributed by atoms with van der Waals surface area (Å²) in [6, 6.07) is 3.84. The van der Waals surface area contributed by atoms with Gasteiger partial charge < -0.3 is 9.64 Å². The Kier molecular flexibility index (Phi) is 4.21. The van der Waals surface area contributed by atoms with Crippen molar-refractivity contribution in [3.8, 4) is 0 Å². The number of fused-ring (bicyclic) bond motifs is 1. The molecule has 2 rings (SSSR count). The molecule has 0 aliphatic carbocycles. The molecule has 0 spiro atoms. The minimum absolute atomic E-state index is 0.0153. The summed E-state index contributed by atoms with van der Waals surface area (Å²) in [5.41, 5.74) is 0. The zero-order valence-corrected chi connectivity index (χ0v) is 12.6. The molecule has 2 aromatic rings. The molecule has 0 aliphatic heterocycles. The van der Waals surface area contributed by atoms with Crippen molar-refractivity contribution >= 4 is 43.9 Å². The van der Waals surface area contributed by atoms with Gasteiger partial charge in [0.25, 0.3) is 5.91 Å². The Balaban J connectivity index is 2.23. The normalized spacial score (nSPS) is 10.9. The van der Waals surface area contributed by atoms with Crippen LogP contribution in [0.5, 0.6) is 0 Å². The highest BCUT2D eigenvalue weighted by atomic mass is 32.1. The van der Waals surface area contributed by atoms with E-state index in [1.165, 1.54) is 23.3 Å². The summed E-state index contributed by atoms with van der Waals surface area (Å²) in [5, 5.41) is 2.00. The number of thiophene rings is 2. The van der Waals surface area contributed by atoms with Crippen LogP contribution in [0.4, 0.5) is 0 Å². The van der Waals surface area contributed by atoms with Crippen LogP contribution in [0.25, 0.3) is 9.40 Å². The lowest BCUT2D eigenvalue weighted by Gasteiger charge is -2.24. The van der Waals surface area contributed by atoms with Gasteiger partial charge in [-0.25, -0.2) is 0 Å². The zero-order chi connectivity index (χ0) is 14.0. The minimum Gasteiger partial charge on any atom is -0.468 e. The van der Waals surface area contributed by atoms with Crippen molar-refractivity contribution in [2.24, 2.45) is 0 Å². The van der Waals surface area contributed by atoms with E-state index in [1.54, 1.807) is 11.3 Å². The maximum Gasteiger partial charge on any atom is 0.325 e. The number of carbonyl (C=O) groups excluding carboxylic acids is 2. The van der Waals surface area contributed by atoms with Crippen molar-refractivity contribution in [1.29, 1.82) is 0 Å². The van der Waals surface area contributed by atoms with Gasteiger partial charge in [-0.2, -0.15) is 0 Å². The fourth-order valence-corrected chi connectivity index (χ4v) is 3.77. The Morgan fingerprint density at radius 2 is 2.11 bits per heavy atom. The molecule has 4 nitrogen and oxygen atoms in total. The first-order valence-corrected chi connectivity index (χ1v) is 7.57. The van der Waals surface area contributed by atoms with Crippen molar-refractivity contribution in [2.45, 2.75) is 19.9 Å². The van der Waals surface area contributed by atoms with Crippen molar-refractivity contribution in [3.05, 3.63) is 22.4 Å². The first-order valence-electron chi connectivity index (χ1n) is 5.87. The zero-order valence-electron chi connectivity index (χ0n) is 11.0. The van der Waals surface area contributed by atoms with Crippen molar-refractivity contribution in [1.82, 2.24) is 4.90 Å². The second-order valence-corrected chi connectivity index (χ2v) is 6.39. The maximum atomic E-state index is 12.4. The number of nitrogens with zero attached hydrogens (tertiary/aromatic N) is 1. The van der Waals surface area contributed by atoms with Crippen LogP contribution in [0.15, 0.2) is 17.5 Å². The molecule has 1 amide bonds. The van der Waals surface area contributed by atoms with Gasteiger partial charge in [-0.3, -0.25) is 9.59 Å². The van der Waals surface area contributed by atoms with Crippen LogP contribution in [0.3, 0.4) is 0 Å². The van der Waals surface area contributed by atoms with Crippen LogP contribution in [-0.4, -0.2) is 36.5 Å². The Labute approximate surface area is 119 Å². The predicted octanol–water partition coefficient (Wildman–Crippen LogP) is 2.99. The van der Waals surface area contributed by atoms with Gasteiger partial charge in [0, 0.05) is 15.4 Å². The van der Waals surface area contributed by atoms with Gasteiger partial charge in [0.2, 0.25) is 0 Å². The van der Waals surface area contributed by atoms with Crippen LogP contribution in [0, 0.1) is 0 Å². The molecule has 19 heavy (non-hydrogen) atoms. The molecule has 0 aromatic carbocycles. The lowest BCUT2D eigenvalue weighted by atomic mass is 10.3. The van der Waals surface area contributed by atoms with Crippen LogP contribution < -0.4 is 0 Å². The summed E-state index contributed by atoms with van der Waals surface area (Å²) in [7, 11) is 1.33. The topological polar surface area (TPSA) is 46.6 Å². The lowest BCUT2D eigenvalue weighted by Crippen LogP contribution is -2.40. The molecule has 0 unspecified atom stereocenters. The Bertz CT molecular complexity index is 571. The molecule has 0 aliphatic rings. The number of ether oxygens (including phenoxy) is 1. The number of hydrogen-bond donors (Lipinski definition) is 0. The molecule has 0 saturated heterocycles. The average Bonchev–Trinajstić information content (AvgIpc) is 2.94. The largest absolute Gasteiger partial charge is 0.468 e. The van der Waals surface area contributed by atoms with Crippen LogP contribution in [-0.2, 0) is 9.53 Å². The van der Waals surface area contributed by atoms with Gasteiger partial charge in [0.1, 0.15) is 6.54 Å². The number of esters is 1. The molecule has 0 N–H and O–H groups in total. The SMILES string of the molecule is COC(=O)CN(C(=O)c1cc2sccc2s1)C(C)C. The van der Waals surface area contributed by atoms with Gasteiger partial charge in [0.05, 0.1) is 12.0 Å². The quantitative estimate of drug-likeness (QED) is 0.815. The molecule has 0 bridgehead atoms. The average molecular weight is 297 g/mol. The number of hydrogen-bond acceptors (Lipinski definition) is 5. The molecule has 0 radical (unpaired) electrons. The van der Waals surface area contributed by atoms with E-state index in [2.05, 4.69) is 4.74 Å². The smallest absolute Gasteiger partial charge is 0.325 e. The molecule has 2 heterocycles. The van der Waals surface area contributed by atoms with E-state index in [-0.39, 0.29) is 18.5 Å². The summed E-state index contributed by atoms with van der Waals surface area (Å²) in [6.45, 7) is 3.76. The van der Waals surface area contributed by atoms with Crippen molar-refractivity contribution in [3.63, 3.8) is 0 Å².